The molecule has 1 aromatic heterocycles. The number of methoxy groups -OCH3 is 1. The van der Waals surface area contributed by atoms with Crippen LogP contribution in [0.15, 0.2) is 36.5 Å². The van der Waals surface area contributed by atoms with Crippen LogP contribution in [-0.4, -0.2) is 30.0 Å². The summed E-state index contributed by atoms with van der Waals surface area (Å²) >= 11 is 0. The number of ether oxygens (including phenoxy) is 1. The summed E-state index contributed by atoms with van der Waals surface area (Å²) in [5, 5.41) is 7.83. The molecular weight excluding hydrogens is 238 g/mol. The van der Waals surface area contributed by atoms with Gasteiger partial charge in [0.25, 0.3) is 0 Å². The van der Waals surface area contributed by atoms with Gasteiger partial charge in [0.15, 0.2) is 0 Å². The Labute approximate surface area is 114 Å². The van der Waals surface area contributed by atoms with Crippen LogP contribution in [0, 0.1) is 6.92 Å². The van der Waals surface area contributed by atoms with Gasteiger partial charge in [0.2, 0.25) is 0 Å². The predicted octanol–water partition coefficient (Wildman–Crippen LogP) is 1.98. The number of hydrogen-bond acceptors (Lipinski definition) is 3. The third-order valence-electron chi connectivity index (χ3n) is 2.91. The number of benzene rings is 1. The quantitative estimate of drug-likeness (QED) is 0.773. The van der Waals surface area contributed by atoms with Gasteiger partial charge in [0.1, 0.15) is 0 Å². The molecule has 2 rings (SSSR count). The predicted molar refractivity (Wildman–Crippen MR) is 76.1 cm³/mol. The number of aryl methyl sites for hydroxylation is 1. The standard InChI is InChI=1S/C15H21N3O/c1-13-4-3-5-14(10-13)12-18-8-6-15(17-18)11-16-7-9-19-2/h3-6,8,10,16H,7,9,11-12H2,1-2H3. The van der Waals surface area contributed by atoms with E-state index < -0.39 is 0 Å². The molecule has 0 spiro atoms. The Morgan fingerprint density at radius 1 is 1.32 bits per heavy atom. The second-order valence-electron chi connectivity index (χ2n) is 4.66. The van der Waals surface area contributed by atoms with Crippen molar-refractivity contribution in [3.05, 3.63) is 53.3 Å². The zero-order chi connectivity index (χ0) is 13.5. The van der Waals surface area contributed by atoms with Crippen molar-refractivity contribution in [3.63, 3.8) is 0 Å². The number of hydrogen-bond donors (Lipinski definition) is 1. The molecule has 1 heterocycles. The van der Waals surface area contributed by atoms with Crippen LogP contribution >= 0.6 is 0 Å². The zero-order valence-corrected chi connectivity index (χ0v) is 11.6. The fourth-order valence-corrected chi connectivity index (χ4v) is 1.97. The molecular formula is C15H21N3O. The molecule has 0 fully saturated rings. The van der Waals surface area contributed by atoms with E-state index in [1.54, 1.807) is 7.11 Å². The highest BCUT2D eigenvalue weighted by Gasteiger charge is 2.00. The molecule has 0 aliphatic rings. The molecule has 0 aliphatic heterocycles. The average molecular weight is 259 g/mol. The van der Waals surface area contributed by atoms with Crippen LogP contribution in [0.1, 0.15) is 16.8 Å². The molecule has 1 aromatic carbocycles. The van der Waals surface area contributed by atoms with E-state index in [1.807, 2.05) is 10.9 Å². The normalized spacial score (nSPS) is 10.8. The first-order valence-electron chi connectivity index (χ1n) is 6.55. The molecule has 0 saturated heterocycles. The molecule has 0 amide bonds. The second-order valence-corrected chi connectivity index (χ2v) is 4.66. The van der Waals surface area contributed by atoms with Crippen LogP contribution in [0.3, 0.4) is 0 Å². The van der Waals surface area contributed by atoms with E-state index in [4.69, 9.17) is 4.74 Å². The second kappa shape index (κ2) is 7.07. The van der Waals surface area contributed by atoms with Crippen LogP contribution < -0.4 is 5.32 Å². The third-order valence-corrected chi connectivity index (χ3v) is 2.91. The molecule has 1 N–H and O–H groups in total. The molecule has 0 unspecified atom stereocenters. The highest BCUT2D eigenvalue weighted by molar-refractivity contribution is 5.22. The molecule has 0 radical (unpaired) electrons. The maximum Gasteiger partial charge on any atom is 0.0762 e. The lowest BCUT2D eigenvalue weighted by atomic mass is 10.1. The smallest absolute Gasteiger partial charge is 0.0762 e. The van der Waals surface area contributed by atoms with Gasteiger partial charge in [-0.3, -0.25) is 4.68 Å². The van der Waals surface area contributed by atoms with Crippen molar-refractivity contribution in [1.82, 2.24) is 15.1 Å². The first-order chi connectivity index (χ1) is 9.28. The van der Waals surface area contributed by atoms with E-state index in [-0.39, 0.29) is 0 Å². The first kappa shape index (κ1) is 13.8. The fourth-order valence-electron chi connectivity index (χ4n) is 1.97. The molecule has 102 valence electrons. The summed E-state index contributed by atoms with van der Waals surface area (Å²) in [5.74, 6) is 0. The summed E-state index contributed by atoms with van der Waals surface area (Å²) in [4.78, 5) is 0. The van der Waals surface area contributed by atoms with Gasteiger partial charge in [0.05, 0.1) is 18.8 Å². The van der Waals surface area contributed by atoms with Crippen molar-refractivity contribution >= 4 is 0 Å². The summed E-state index contributed by atoms with van der Waals surface area (Å²) in [5.41, 5.74) is 3.62. The molecule has 2 aromatic rings. The number of nitrogens with one attached hydrogen (secondary N) is 1. The Hall–Kier alpha value is -1.65. The minimum Gasteiger partial charge on any atom is -0.383 e. The maximum atomic E-state index is 4.99. The van der Waals surface area contributed by atoms with E-state index in [0.29, 0.717) is 0 Å². The monoisotopic (exact) mass is 259 g/mol. The van der Waals surface area contributed by atoms with E-state index in [0.717, 1.165) is 31.9 Å². The Morgan fingerprint density at radius 2 is 2.21 bits per heavy atom. The van der Waals surface area contributed by atoms with Crippen LogP contribution in [0.5, 0.6) is 0 Å². The zero-order valence-electron chi connectivity index (χ0n) is 11.6. The summed E-state index contributed by atoms with van der Waals surface area (Å²) in [6.45, 7) is 5.28. The number of rotatable bonds is 7. The summed E-state index contributed by atoms with van der Waals surface area (Å²) < 4.78 is 6.96. The van der Waals surface area contributed by atoms with Gasteiger partial charge in [-0.2, -0.15) is 5.10 Å². The molecule has 4 nitrogen and oxygen atoms in total. The summed E-state index contributed by atoms with van der Waals surface area (Å²) in [6, 6.07) is 10.6. The number of aromatic nitrogens is 2. The van der Waals surface area contributed by atoms with Gasteiger partial charge >= 0.3 is 0 Å². The average Bonchev–Trinajstić information content (AvgIpc) is 2.82. The summed E-state index contributed by atoms with van der Waals surface area (Å²) in [7, 11) is 1.71. The van der Waals surface area contributed by atoms with Crippen LogP contribution in [0.2, 0.25) is 0 Å². The highest BCUT2D eigenvalue weighted by Crippen LogP contribution is 2.06. The van der Waals surface area contributed by atoms with Gasteiger partial charge in [0, 0.05) is 26.4 Å². The lowest BCUT2D eigenvalue weighted by Gasteiger charge is -2.03. The topological polar surface area (TPSA) is 39.1 Å². The van der Waals surface area contributed by atoms with Crippen molar-refractivity contribution in [2.45, 2.75) is 20.0 Å². The molecule has 0 atom stereocenters. The van der Waals surface area contributed by atoms with Crippen LogP contribution in [0.4, 0.5) is 0 Å². The van der Waals surface area contributed by atoms with Crippen LogP contribution in [-0.2, 0) is 17.8 Å². The van der Waals surface area contributed by atoms with Crippen molar-refractivity contribution in [3.8, 4) is 0 Å². The molecule has 0 aliphatic carbocycles. The SMILES string of the molecule is COCCNCc1ccn(Cc2cccc(C)c2)n1. The Bertz CT molecular complexity index is 508. The molecule has 19 heavy (non-hydrogen) atoms. The minimum atomic E-state index is 0.726. The summed E-state index contributed by atoms with van der Waals surface area (Å²) in [6.07, 6.45) is 2.02. The van der Waals surface area contributed by atoms with Crippen LogP contribution in [0.25, 0.3) is 0 Å². The fraction of sp³-hybridized carbons (Fsp3) is 0.400. The van der Waals surface area contributed by atoms with Gasteiger partial charge in [-0.15, -0.1) is 0 Å². The van der Waals surface area contributed by atoms with E-state index >= 15 is 0 Å². The highest BCUT2D eigenvalue weighted by atomic mass is 16.5. The van der Waals surface area contributed by atoms with E-state index in [1.165, 1.54) is 11.1 Å². The van der Waals surface area contributed by atoms with Crippen molar-refractivity contribution in [1.29, 1.82) is 0 Å². The lowest BCUT2D eigenvalue weighted by molar-refractivity contribution is 0.199. The Balaban J connectivity index is 1.87. The van der Waals surface area contributed by atoms with E-state index in [2.05, 4.69) is 47.7 Å². The van der Waals surface area contributed by atoms with E-state index in [9.17, 15) is 0 Å². The minimum absolute atomic E-state index is 0.726. The number of nitrogens with zero attached hydrogens (tertiary/aromatic N) is 2. The largest absolute Gasteiger partial charge is 0.383 e. The van der Waals surface area contributed by atoms with Gasteiger partial charge in [-0.1, -0.05) is 29.8 Å². The van der Waals surface area contributed by atoms with Crippen molar-refractivity contribution < 1.29 is 4.74 Å². The molecule has 4 heteroatoms. The molecule has 0 saturated carbocycles. The maximum absolute atomic E-state index is 4.99. The van der Waals surface area contributed by atoms with Crippen molar-refractivity contribution in [2.75, 3.05) is 20.3 Å². The first-order valence-corrected chi connectivity index (χ1v) is 6.55. The Morgan fingerprint density at radius 3 is 3.00 bits per heavy atom. The Kier molecular flexibility index (Phi) is 5.12. The van der Waals surface area contributed by atoms with Gasteiger partial charge in [-0.05, 0) is 18.6 Å². The third kappa shape index (κ3) is 4.50. The lowest BCUT2D eigenvalue weighted by Crippen LogP contribution is -2.19. The van der Waals surface area contributed by atoms with Crippen molar-refractivity contribution in [2.24, 2.45) is 0 Å². The van der Waals surface area contributed by atoms with Gasteiger partial charge in [-0.25, -0.2) is 0 Å². The van der Waals surface area contributed by atoms with Gasteiger partial charge < -0.3 is 10.1 Å². The molecule has 0 bridgehead atoms.